The summed E-state index contributed by atoms with van der Waals surface area (Å²) >= 11 is 1.84. The molecule has 0 spiro atoms. The maximum absolute atomic E-state index is 12.3. The standard InChI is InChI=1S/C11H18N2OS/c14-11(10-6-15-7-12-10)13-8-2-1-3-9(13)5-4-8/h8-10,12H,1-7H2/t8?,9?,10-/m1/s1. The fraction of sp³-hybridized carbons (Fsp3) is 0.909. The zero-order chi connectivity index (χ0) is 10.3. The number of thioether (sulfide) groups is 1. The minimum absolute atomic E-state index is 0.108. The van der Waals surface area contributed by atoms with Crippen LogP contribution >= 0.6 is 11.8 Å². The molecular formula is C11H18N2OS. The molecule has 84 valence electrons. The number of rotatable bonds is 1. The Labute approximate surface area is 95.0 Å². The van der Waals surface area contributed by atoms with E-state index in [0.717, 1.165) is 11.6 Å². The molecule has 3 nitrogen and oxygen atoms in total. The summed E-state index contributed by atoms with van der Waals surface area (Å²) < 4.78 is 0. The lowest BCUT2D eigenvalue weighted by molar-refractivity contribution is -0.137. The first-order valence-electron chi connectivity index (χ1n) is 5.99. The predicted molar refractivity (Wildman–Crippen MR) is 61.8 cm³/mol. The van der Waals surface area contributed by atoms with Crippen molar-refractivity contribution in [2.24, 2.45) is 0 Å². The monoisotopic (exact) mass is 226 g/mol. The first-order valence-corrected chi connectivity index (χ1v) is 7.15. The van der Waals surface area contributed by atoms with Crippen molar-refractivity contribution in [2.75, 3.05) is 11.6 Å². The summed E-state index contributed by atoms with van der Waals surface area (Å²) in [5.74, 6) is 2.29. The van der Waals surface area contributed by atoms with Gasteiger partial charge in [-0.15, -0.1) is 11.8 Å². The molecule has 1 N–H and O–H groups in total. The van der Waals surface area contributed by atoms with Gasteiger partial charge in [0.1, 0.15) is 0 Å². The number of carbonyl (C=O) groups excluding carboxylic acids is 1. The summed E-state index contributed by atoms with van der Waals surface area (Å²) in [6, 6.07) is 1.25. The van der Waals surface area contributed by atoms with E-state index in [1.165, 1.54) is 32.1 Å². The summed E-state index contributed by atoms with van der Waals surface area (Å²) in [7, 11) is 0. The molecule has 0 saturated carbocycles. The second-order valence-electron chi connectivity index (χ2n) is 4.83. The molecule has 0 aromatic heterocycles. The van der Waals surface area contributed by atoms with Gasteiger partial charge in [0, 0.05) is 23.7 Å². The van der Waals surface area contributed by atoms with Crippen LogP contribution in [0.3, 0.4) is 0 Å². The summed E-state index contributed by atoms with van der Waals surface area (Å²) in [5, 5.41) is 3.29. The lowest BCUT2D eigenvalue weighted by Gasteiger charge is -2.36. The molecule has 0 aromatic carbocycles. The van der Waals surface area contributed by atoms with Crippen molar-refractivity contribution < 1.29 is 4.79 Å². The van der Waals surface area contributed by atoms with Crippen LogP contribution in [0.1, 0.15) is 32.1 Å². The highest BCUT2D eigenvalue weighted by Gasteiger charge is 2.42. The van der Waals surface area contributed by atoms with Crippen LogP contribution < -0.4 is 5.32 Å². The molecule has 2 unspecified atom stereocenters. The second-order valence-corrected chi connectivity index (χ2v) is 5.86. The SMILES string of the molecule is O=C([C@H]1CSCN1)N1C2CCCC1CC2. The molecule has 4 heteroatoms. The molecule has 3 rings (SSSR count). The molecule has 15 heavy (non-hydrogen) atoms. The van der Waals surface area contributed by atoms with Gasteiger partial charge in [0.25, 0.3) is 0 Å². The van der Waals surface area contributed by atoms with Crippen molar-refractivity contribution in [2.45, 2.75) is 50.2 Å². The van der Waals surface area contributed by atoms with E-state index in [4.69, 9.17) is 0 Å². The van der Waals surface area contributed by atoms with Gasteiger partial charge in [0.2, 0.25) is 5.91 Å². The van der Waals surface area contributed by atoms with Crippen LogP contribution in [0.15, 0.2) is 0 Å². The van der Waals surface area contributed by atoms with Crippen molar-refractivity contribution in [1.29, 1.82) is 0 Å². The number of nitrogens with zero attached hydrogens (tertiary/aromatic N) is 1. The summed E-state index contributed by atoms with van der Waals surface area (Å²) in [6.45, 7) is 0. The highest BCUT2D eigenvalue weighted by molar-refractivity contribution is 7.99. The Kier molecular flexibility index (Phi) is 2.64. The number of nitrogens with one attached hydrogen (secondary N) is 1. The highest BCUT2D eigenvalue weighted by atomic mass is 32.2. The number of carbonyl (C=O) groups is 1. The van der Waals surface area contributed by atoms with Gasteiger partial charge in [0.15, 0.2) is 0 Å². The quantitative estimate of drug-likeness (QED) is 0.729. The maximum atomic E-state index is 12.3. The lowest BCUT2D eigenvalue weighted by atomic mass is 10.0. The van der Waals surface area contributed by atoms with Gasteiger partial charge < -0.3 is 4.90 Å². The topological polar surface area (TPSA) is 32.3 Å². The molecule has 1 amide bonds. The third kappa shape index (κ3) is 1.68. The van der Waals surface area contributed by atoms with Crippen molar-refractivity contribution in [1.82, 2.24) is 10.2 Å². The van der Waals surface area contributed by atoms with Crippen molar-refractivity contribution in [3.8, 4) is 0 Å². The number of amides is 1. The Hall–Kier alpha value is -0.220. The third-order valence-electron chi connectivity index (χ3n) is 3.96. The van der Waals surface area contributed by atoms with E-state index in [2.05, 4.69) is 10.2 Å². The van der Waals surface area contributed by atoms with Gasteiger partial charge in [-0.1, -0.05) is 0 Å². The molecule has 3 fully saturated rings. The Morgan fingerprint density at radius 2 is 1.93 bits per heavy atom. The van der Waals surface area contributed by atoms with E-state index in [1.54, 1.807) is 0 Å². The Bertz CT molecular complexity index is 249. The minimum Gasteiger partial charge on any atom is -0.335 e. The average molecular weight is 226 g/mol. The smallest absolute Gasteiger partial charge is 0.241 e. The minimum atomic E-state index is 0.108. The van der Waals surface area contributed by atoms with Crippen LogP contribution in [0.2, 0.25) is 0 Å². The summed E-state index contributed by atoms with van der Waals surface area (Å²) in [4.78, 5) is 14.5. The van der Waals surface area contributed by atoms with Crippen LogP contribution in [0.4, 0.5) is 0 Å². The van der Waals surface area contributed by atoms with Crippen molar-refractivity contribution >= 4 is 17.7 Å². The van der Waals surface area contributed by atoms with Crippen molar-refractivity contribution in [3.63, 3.8) is 0 Å². The van der Waals surface area contributed by atoms with E-state index in [-0.39, 0.29) is 6.04 Å². The predicted octanol–water partition coefficient (Wildman–Crippen LogP) is 1.19. The summed E-state index contributed by atoms with van der Waals surface area (Å²) in [6.07, 6.45) is 6.29. The molecule has 3 aliphatic heterocycles. The zero-order valence-electron chi connectivity index (χ0n) is 8.95. The molecule has 0 radical (unpaired) electrons. The Morgan fingerprint density at radius 3 is 2.53 bits per heavy atom. The first-order chi connectivity index (χ1) is 7.36. The Morgan fingerprint density at radius 1 is 1.20 bits per heavy atom. The van der Waals surface area contributed by atoms with Gasteiger partial charge in [-0.25, -0.2) is 0 Å². The van der Waals surface area contributed by atoms with Crippen LogP contribution in [-0.2, 0) is 4.79 Å². The average Bonchev–Trinajstić information content (AvgIpc) is 2.85. The third-order valence-corrected chi connectivity index (χ3v) is 4.90. The van der Waals surface area contributed by atoms with Gasteiger partial charge in [0.05, 0.1) is 6.04 Å². The highest BCUT2D eigenvalue weighted by Crippen LogP contribution is 2.36. The molecule has 0 aliphatic carbocycles. The van der Waals surface area contributed by atoms with Crippen LogP contribution in [0.5, 0.6) is 0 Å². The van der Waals surface area contributed by atoms with Gasteiger partial charge in [-0.3, -0.25) is 10.1 Å². The van der Waals surface area contributed by atoms with E-state index in [0.29, 0.717) is 18.0 Å². The van der Waals surface area contributed by atoms with Gasteiger partial charge >= 0.3 is 0 Å². The maximum Gasteiger partial charge on any atom is 0.241 e. The van der Waals surface area contributed by atoms with Crippen LogP contribution in [-0.4, -0.2) is 40.6 Å². The number of hydrogen-bond donors (Lipinski definition) is 1. The number of piperidine rings is 1. The van der Waals surface area contributed by atoms with E-state index in [1.807, 2.05) is 11.8 Å². The Balaban J connectivity index is 1.73. The van der Waals surface area contributed by atoms with E-state index in [9.17, 15) is 4.79 Å². The van der Waals surface area contributed by atoms with Gasteiger partial charge in [-0.05, 0) is 32.1 Å². The van der Waals surface area contributed by atoms with Crippen molar-refractivity contribution in [3.05, 3.63) is 0 Å². The molecule has 0 aromatic rings. The summed E-state index contributed by atoms with van der Waals surface area (Å²) in [5.41, 5.74) is 0. The zero-order valence-corrected chi connectivity index (χ0v) is 9.76. The first kappa shape index (κ1) is 9.97. The van der Waals surface area contributed by atoms with E-state index >= 15 is 0 Å². The molecule has 3 aliphatic rings. The number of hydrogen-bond acceptors (Lipinski definition) is 3. The molecule has 2 bridgehead atoms. The van der Waals surface area contributed by atoms with Crippen LogP contribution in [0, 0.1) is 0 Å². The largest absolute Gasteiger partial charge is 0.335 e. The van der Waals surface area contributed by atoms with Gasteiger partial charge in [-0.2, -0.15) is 0 Å². The fourth-order valence-electron chi connectivity index (χ4n) is 3.21. The molecule has 3 atom stereocenters. The molecule has 3 saturated heterocycles. The normalized spacial score (nSPS) is 39.7. The van der Waals surface area contributed by atoms with Crippen LogP contribution in [0.25, 0.3) is 0 Å². The second kappa shape index (κ2) is 3.98. The number of fused-ring (bicyclic) bond motifs is 2. The molecular weight excluding hydrogens is 208 g/mol. The lowest BCUT2D eigenvalue weighted by Crippen LogP contribution is -2.51. The molecule has 3 heterocycles. The fourth-order valence-corrected chi connectivity index (χ4v) is 4.14. The van der Waals surface area contributed by atoms with E-state index < -0.39 is 0 Å².